The van der Waals surface area contributed by atoms with Crippen molar-refractivity contribution < 1.29 is 13.6 Å². The maximum Gasteiger partial charge on any atom is 0.398 e. The van der Waals surface area contributed by atoms with Gasteiger partial charge in [0.2, 0.25) is 11.5 Å². The van der Waals surface area contributed by atoms with Gasteiger partial charge in [0.1, 0.15) is 0 Å². The van der Waals surface area contributed by atoms with Crippen LogP contribution in [0.25, 0.3) is 0 Å². The second-order valence-corrected chi connectivity index (χ2v) is 13.0. The molecule has 0 bridgehead atoms. The highest BCUT2D eigenvalue weighted by molar-refractivity contribution is 7.99. The molecule has 0 radical (unpaired) electrons. The van der Waals surface area contributed by atoms with E-state index in [2.05, 4.69) is 44.5 Å². The van der Waals surface area contributed by atoms with E-state index in [1.54, 1.807) is 25.6 Å². The van der Waals surface area contributed by atoms with Gasteiger partial charge in [0, 0.05) is 16.8 Å². The summed E-state index contributed by atoms with van der Waals surface area (Å²) in [6.07, 6.45) is 10.7. The minimum absolute atomic E-state index is 0.122. The second kappa shape index (κ2) is 12.9. The summed E-state index contributed by atoms with van der Waals surface area (Å²) in [5.41, 5.74) is -0.121. The van der Waals surface area contributed by atoms with Crippen LogP contribution >= 0.6 is 19.4 Å². The van der Waals surface area contributed by atoms with E-state index in [1.807, 2.05) is 0 Å². The van der Waals surface area contributed by atoms with Gasteiger partial charge in [0.15, 0.2) is 5.16 Å². The molecule has 2 rings (SSSR count). The smallest absolute Gasteiger partial charge is 0.330 e. The third kappa shape index (κ3) is 7.91. The lowest BCUT2D eigenvalue weighted by Gasteiger charge is -2.53. The van der Waals surface area contributed by atoms with Crippen LogP contribution in [0.15, 0.2) is 5.16 Å². The van der Waals surface area contributed by atoms with E-state index in [0.29, 0.717) is 11.1 Å². The zero-order valence-corrected chi connectivity index (χ0v) is 23.6. The molecule has 190 valence electrons. The molecule has 1 saturated heterocycles. The summed E-state index contributed by atoms with van der Waals surface area (Å²) >= 11 is 1.61. The number of nitrogens with zero attached hydrogens (tertiary/aromatic N) is 4. The number of thioether (sulfide) groups is 1. The van der Waals surface area contributed by atoms with E-state index in [1.165, 1.54) is 32.1 Å². The lowest BCUT2D eigenvalue weighted by atomic mass is 9.80. The third-order valence-corrected chi connectivity index (χ3v) is 8.97. The molecule has 0 spiro atoms. The highest BCUT2D eigenvalue weighted by Gasteiger charge is 2.44. The highest BCUT2D eigenvalue weighted by atomic mass is 32.2. The minimum Gasteiger partial charge on any atom is -0.330 e. The van der Waals surface area contributed by atoms with Crippen LogP contribution in [0.2, 0.25) is 0 Å². The topological polar surface area (TPSA) is 77.4 Å². The number of rotatable bonds is 14. The molecule has 9 heteroatoms. The molecular formula is C24H45N4O3PS. The Balaban J connectivity index is 2.36. The van der Waals surface area contributed by atoms with Crippen LogP contribution in [0.1, 0.15) is 106 Å². The Morgan fingerprint density at radius 1 is 0.879 bits per heavy atom. The van der Waals surface area contributed by atoms with Crippen molar-refractivity contribution in [1.82, 2.24) is 15.0 Å². The zero-order chi connectivity index (χ0) is 24.5. The van der Waals surface area contributed by atoms with Gasteiger partial charge in [0.05, 0.1) is 13.2 Å². The van der Waals surface area contributed by atoms with Gasteiger partial charge in [-0.3, -0.25) is 4.57 Å². The van der Waals surface area contributed by atoms with Crippen molar-refractivity contribution in [2.24, 2.45) is 0 Å². The predicted molar refractivity (Wildman–Crippen MR) is 139 cm³/mol. The molecule has 1 aliphatic heterocycles. The number of hydrogen-bond acceptors (Lipinski definition) is 8. The SMILES string of the molecule is CCCCCCCCSc1nc(N2C(C)(C)CCCC2(C)C)nc(P(=O)(OCC)OCC)n1. The van der Waals surface area contributed by atoms with E-state index < -0.39 is 7.60 Å². The Morgan fingerprint density at radius 2 is 1.45 bits per heavy atom. The Labute approximate surface area is 205 Å². The van der Waals surface area contributed by atoms with E-state index in [0.717, 1.165) is 31.4 Å². The molecule has 0 N–H and O–H groups in total. The molecule has 0 amide bonds. The number of piperidine rings is 1. The molecule has 1 aliphatic rings. The zero-order valence-electron chi connectivity index (χ0n) is 21.9. The molecule has 1 aromatic rings. The van der Waals surface area contributed by atoms with Gasteiger partial charge < -0.3 is 13.9 Å². The van der Waals surface area contributed by atoms with Gasteiger partial charge >= 0.3 is 7.60 Å². The van der Waals surface area contributed by atoms with Crippen molar-refractivity contribution >= 4 is 30.9 Å². The Hall–Kier alpha value is -0.690. The second-order valence-electron chi connectivity index (χ2n) is 9.98. The molecule has 1 fully saturated rings. The molecule has 2 heterocycles. The summed E-state index contributed by atoms with van der Waals surface area (Å²) in [6.45, 7) is 15.3. The molecule has 1 aromatic heterocycles. The van der Waals surface area contributed by atoms with Gasteiger partial charge in [-0.05, 0) is 67.2 Å². The Kier molecular flexibility index (Phi) is 11.1. The third-order valence-electron chi connectivity index (χ3n) is 6.15. The summed E-state index contributed by atoms with van der Waals surface area (Å²) < 4.78 is 24.8. The first-order valence-electron chi connectivity index (χ1n) is 12.7. The van der Waals surface area contributed by atoms with E-state index >= 15 is 0 Å². The number of aromatic nitrogens is 3. The van der Waals surface area contributed by atoms with Gasteiger partial charge in [-0.2, -0.15) is 15.0 Å². The molecule has 0 aliphatic carbocycles. The number of anilines is 1. The van der Waals surface area contributed by atoms with E-state index in [4.69, 9.17) is 19.0 Å². The van der Waals surface area contributed by atoms with Crippen LogP contribution in [0, 0.1) is 0 Å². The van der Waals surface area contributed by atoms with E-state index in [9.17, 15) is 4.57 Å². The van der Waals surface area contributed by atoms with Gasteiger partial charge in [0.25, 0.3) is 0 Å². The normalized spacial score (nSPS) is 18.0. The summed E-state index contributed by atoms with van der Waals surface area (Å²) in [6, 6.07) is 0. The van der Waals surface area contributed by atoms with Gasteiger partial charge in [-0.15, -0.1) is 0 Å². The average molecular weight is 501 g/mol. The first-order valence-corrected chi connectivity index (χ1v) is 15.2. The quantitative estimate of drug-likeness (QED) is 0.157. The number of unbranched alkanes of at least 4 members (excludes halogenated alkanes) is 5. The van der Waals surface area contributed by atoms with Crippen LogP contribution in [0.3, 0.4) is 0 Å². The predicted octanol–water partition coefficient (Wildman–Crippen LogP) is 6.76. The minimum atomic E-state index is -3.62. The highest BCUT2D eigenvalue weighted by Crippen LogP contribution is 2.47. The molecule has 33 heavy (non-hydrogen) atoms. The largest absolute Gasteiger partial charge is 0.398 e. The fourth-order valence-corrected chi connectivity index (χ4v) is 7.01. The fraction of sp³-hybridized carbons (Fsp3) is 0.875. The summed E-state index contributed by atoms with van der Waals surface area (Å²) in [7, 11) is -3.62. The average Bonchev–Trinajstić information content (AvgIpc) is 2.72. The maximum absolute atomic E-state index is 13.6. The van der Waals surface area contributed by atoms with Crippen molar-refractivity contribution in [2.75, 3.05) is 23.9 Å². The molecule has 0 atom stereocenters. The summed E-state index contributed by atoms with van der Waals surface area (Å²) in [5, 5.41) is 0.598. The van der Waals surface area contributed by atoms with Gasteiger partial charge in [-0.1, -0.05) is 50.8 Å². The standard InChI is InChI=1S/C24H45N4O3PS/c1-8-11-12-13-14-15-19-33-22-26-20(28-23(4,5)17-16-18-24(28,6)7)25-21(27-22)32(29,30-9-2)31-10-3/h8-19H2,1-7H3. The molecule has 0 saturated carbocycles. The number of hydrogen-bond donors (Lipinski definition) is 0. The Morgan fingerprint density at radius 3 is 2.03 bits per heavy atom. The fourth-order valence-electron chi connectivity index (χ4n) is 4.70. The van der Waals surface area contributed by atoms with Crippen LogP contribution in [-0.2, 0) is 13.6 Å². The van der Waals surface area contributed by atoms with Crippen molar-refractivity contribution in [3.8, 4) is 0 Å². The monoisotopic (exact) mass is 500 g/mol. The maximum atomic E-state index is 13.6. The summed E-state index contributed by atoms with van der Waals surface area (Å²) in [4.78, 5) is 16.4. The van der Waals surface area contributed by atoms with E-state index in [-0.39, 0.29) is 29.9 Å². The van der Waals surface area contributed by atoms with Crippen molar-refractivity contribution in [2.45, 2.75) is 122 Å². The summed E-state index contributed by atoms with van der Waals surface area (Å²) in [5.74, 6) is 1.50. The van der Waals surface area contributed by atoms with Crippen LogP contribution in [0.4, 0.5) is 5.95 Å². The van der Waals surface area contributed by atoms with Crippen LogP contribution in [0.5, 0.6) is 0 Å². The van der Waals surface area contributed by atoms with Crippen molar-refractivity contribution in [1.29, 1.82) is 0 Å². The van der Waals surface area contributed by atoms with Gasteiger partial charge in [-0.25, -0.2) is 0 Å². The van der Waals surface area contributed by atoms with Crippen molar-refractivity contribution in [3.63, 3.8) is 0 Å². The first kappa shape index (κ1) is 28.5. The lowest BCUT2D eigenvalue weighted by Crippen LogP contribution is -2.59. The molecule has 0 aromatic carbocycles. The Bertz CT molecular complexity index is 765. The molecular weight excluding hydrogens is 455 g/mol. The first-order chi connectivity index (χ1) is 15.6. The van der Waals surface area contributed by atoms with Crippen molar-refractivity contribution in [3.05, 3.63) is 0 Å². The molecule has 0 unspecified atom stereocenters. The van der Waals surface area contributed by atoms with Crippen LogP contribution in [-0.4, -0.2) is 45.0 Å². The molecule has 7 nitrogen and oxygen atoms in total. The lowest BCUT2D eigenvalue weighted by molar-refractivity contribution is 0.227. The van der Waals surface area contributed by atoms with Crippen LogP contribution < -0.4 is 10.5 Å².